The van der Waals surface area contributed by atoms with E-state index in [4.69, 9.17) is 20.9 Å². The van der Waals surface area contributed by atoms with E-state index >= 15 is 0 Å². The molecule has 0 fully saturated rings. The highest BCUT2D eigenvalue weighted by molar-refractivity contribution is 6.30. The summed E-state index contributed by atoms with van der Waals surface area (Å²) in [5.74, 6) is 1.41. The second-order valence-corrected chi connectivity index (χ2v) is 6.92. The molecule has 0 amide bonds. The number of hydrogen-bond donors (Lipinski definition) is 1. The van der Waals surface area contributed by atoms with Crippen LogP contribution in [0.15, 0.2) is 51.8 Å². The van der Waals surface area contributed by atoms with Gasteiger partial charge in [0.05, 0.1) is 11.0 Å². The van der Waals surface area contributed by atoms with E-state index in [1.165, 1.54) is 0 Å². The molecule has 0 aliphatic rings. The predicted octanol–water partition coefficient (Wildman–Crippen LogP) is 4.58. The van der Waals surface area contributed by atoms with Crippen molar-refractivity contribution in [3.8, 4) is 17.1 Å². The second-order valence-electron chi connectivity index (χ2n) is 6.49. The third-order valence-electron chi connectivity index (χ3n) is 4.38. The fourth-order valence-corrected chi connectivity index (χ4v) is 3.24. The van der Waals surface area contributed by atoms with Gasteiger partial charge in [-0.3, -0.25) is 4.57 Å². The molecule has 0 aliphatic carbocycles. The second kappa shape index (κ2) is 7.52. The fraction of sp³-hybridized carbons (Fsp3) is 0.250. The number of benzene rings is 2. The summed E-state index contributed by atoms with van der Waals surface area (Å²) >= 11 is 5.98. The minimum atomic E-state index is -0.436. The van der Waals surface area contributed by atoms with Gasteiger partial charge in [-0.1, -0.05) is 29.7 Å². The van der Waals surface area contributed by atoms with Crippen molar-refractivity contribution in [3.05, 3.63) is 63.9 Å². The molecule has 2 aromatic heterocycles. The normalized spacial score (nSPS) is 12.4. The van der Waals surface area contributed by atoms with Crippen LogP contribution in [0.25, 0.3) is 22.4 Å². The first-order valence-corrected chi connectivity index (χ1v) is 9.41. The molecule has 0 radical (unpaired) electrons. The Morgan fingerprint density at radius 3 is 2.93 bits per heavy atom. The maximum atomic E-state index is 12.1. The molecule has 0 bridgehead atoms. The highest BCUT2D eigenvalue weighted by atomic mass is 35.5. The Bertz CT molecular complexity index is 1180. The van der Waals surface area contributed by atoms with Gasteiger partial charge in [-0.25, -0.2) is 4.79 Å². The lowest BCUT2D eigenvalue weighted by Gasteiger charge is -2.10. The van der Waals surface area contributed by atoms with Crippen LogP contribution in [0.5, 0.6) is 5.75 Å². The molecule has 8 heteroatoms. The van der Waals surface area contributed by atoms with Crippen LogP contribution in [0.1, 0.15) is 32.3 Å². The Balaban J connectivity index is 1.59. The highest BCUT2D eigenvalue weighted by Crippen LogP contribution is 2.26. The van der Waals surface area contributed by atoms with Crippen molar-refractivity contribution in [2.75, 3.05) is 0 Å². The van der Waals surface area contributed by atoms with E-state index in [1.807, 2.05) is 44.2 Å². The van der Waals surface area contributed by atoms with Crippen LogP contribution >= 0.6 is 11.6 Å². The first kappa shape index (κ1) is 18.3. The van der Waals surface area contributed by atoms with Crippen molar-refractivity contribution in [1.82, 2.24) is 19.7 Å². The molecular weight excluding hydrogens is 380 g/mol. The molecule has 0 spiro atoms. The van der Waals surface area contributed by atoms with E-state index in [9.17, 15) is 4.79 Å². The summed E-state index contributed by atoms with van der Waals surface area (Å²) in [6, 6.07) is 12.7. The van der Waals surface area contributed by atoms with Gasteiger partial charge < -0.3 is 14.2 Å². The van der Waals surface area contributed by atoms with E-state index in [-0.39, 0.29) is 5.69 Å². The number of nitrogens with one attached hydrogen (secondary N) is 1. The first-order valence-electron chi connectivity index (χ1n) is 9.04. The van der Waals surface area contributed by atoms with Crippen LogP contribution < -0.4 is 10.4 Å². The van der Waals surface area contributed by atoms with Crippen LogP contribution in [-0.2, 0) is 6.54 Å². The molecule has 144 valence electrons. The van der Waals surface area contributed by atoms with Gasteiger partial charge in [-0.15, -0.1) is 0 Å². The molecule has 0 unspecified atom stereocenters. The molecule has 4 rings (SSSR count). The highest BCUT2D eigenvalue weighted by Gasteiger charge is 2.18. The van der Waals surface area contributed by atoms with Crippen molar-refractivity contribution in [1.29, 1.82) is 0 Å². The lowest BCUT2D eigenvalue weighted by atomic mass is 10.2. The Kier molecular flexibility index (Phi) is 4.92. The molecule has 28 heavy (non-hydrogen) atoms. The summed E-state index contributed by atoms with van der Waals surface area (Å²) in [7, 11) is 0. The number of rotatable bonds is 6. The molecule has 1 N–H and O–H groups in total. The maximum absolute atomic E-state index is 12.1. The molecular formula is C20H19ClN4O3. The lowest BCUT2D eigenvalue weighted by Crippen LogP contribution is -2.16. The molecule has 0 saturated carbocycles. The first-order chi connectivity index (χ1) is 13.5. The minimum Gasteiger partial charge on any atom is -0.481 e. The van der Waals surface area contributed by atoms with Crippen LogP contribution in [0.2, 0.25) is 5.02 Å². The predicted molar refractivity (Wildman–Crippen MR) is 107 cm³/mol. The Morgan fingerprint density at radius 1 is 1.29 bits per heavy atom. The Labute approximate surface area is 165 Å². The van der Waals surface area contributed by atoms with Gasteiger partial charge in [-0.05, 0) is 49.7 Å². The SMILES string of the molecule is CCCn1c(=O)[nH]c2cc(-c3noc([C@H](C)Oc4cccc(Cl)c4)n3)ccc21. The number of aromatic nitrogens is 4. The molecule has 4 aromatic rings. The molecule has 2 heterocycles. The van der Waals surface area contributed by atoms with Gasteiger partial charge >= 0.3 is 5.69 Å². The number of imidazole rings is 1. The summed E-state index contributed by atoms with van der Waals surface area (Å²) in [5.41, 5.74) is 2.23. The van der Waals surface area contributed by atoms with Gasteiger partial charge in [0, 0.05) is 17.1 Å². The maximum Gasteiger partial charge on any atom is 0.326 e. The summed E-state index contributed by atoms with van der Waals surface area (Å²) in [4.78, 5) is 19.4. The quantitative estimate of drug-likeness (QED) is 0.513. The van der Waals surface area contributed by atoms with E-state index in [0.29, 0.717) is 29.0 Å². The number of halogens is 1. The van der Waals surface area contributed by atoms with Crippen molar-refractivity contribution in [2.24, 2.45) is 0 Å². The van der Waals surface area contributed by atoms with Crippen molar-refractivity contribution in [3.63, 3.8) is 0 Å². The largest absolute Gasteiger partial charge is 0.481 e. The molecule has 7 nitrogen and oxygen atoms in total. The van der Waals surface area contributed by atoms with E-state index in [2.05, 4.69) is 15.1 Å². The van der Waals surface area contributed by atoms with E-state index in [1.54, 1.807) is 16.7 Å². The van der Waals surface area contributed by atoms with Crippen LogP contribution in [-0.4, -0.2) is 19.7 Å². The van der Waals surface area contributed by atoms with Crippen LogP contribution in [0.4, 0.5) is 0 Å². The number of aryl methyl sites for hydroxylation is 1. The van der Waals surface area contributed by atoms with Crippen LogP contribution in [0, 0.1) is 0 Å². The van der Waals surface area contributed by atoms with Crippen molar-refractivity contribution >= 4 is 22.6 Å². The number of H-pyrrole nitrogens is 1. The third kappa shape index (κ3) is 3.53. The van der Waals surface area contributed by atoms with Crippen molar-refractivity contribution < 1.29 is 9.26 Å². The molecule has 0 saturated heterocycles. The zero-order valence-corrected chi connectivity index (χ0v) is 16.2. The van der Waals surface area contributed by atoms with Gasteiger partial charge in [0.1, 0.15) is 5.75 Å². The zero-order chi connectivity index (χ0) is 19.7. The number of hydrogen-bond acceptors (Lipinski definition) is 5. The average molecular weight is 399 g/mol. The fourth-order valence-electron chi connectivity index (χ4n) is 3.06. The number of aromatic amines is 1. The van der Waals surface area contributed by atoms with Gasteiger partial charge in [0.15, 0.2) is 6.10 Å². The zero-order valence-electron chi connectivity index (χ0n) is 15.5. The van der Waals surface area contributed by atoms with Crippen LogP contribution in [0.3, 0.4) is 0 Å². The smallest absolute Gasteiger partial charge is 0.326 e. The monoisotopic (exact) mass is 398 g/mol. The Morgan fingerprint density at radius 2 is 2.14 bits per heavy atom. The number of ether oxygens (including phenoxy) is 1. The number of fused-ring (bicyclic) bond motifs is 1. The Hall–Kier alpha value is -3.06. The summed E-state index contributed by atoms with van der Waals surface area (Å²) in [6.07, 6.45) is 0.446. The summed E-state index contributed by atoms with van der Waals surface area (Å²) < 4.78 is 12.9. The molecule has 2 aromatic carbocycles. The van der Waals surface area contributed by atoms with E-state index in [0.717, 1.165) is 23.0 Å². The average Bonchev–Trinajstić information content (AvgIpc) is 3.27. The van der Waals surface area contributed by atoms with Crippen molar-refractivity contribution in [2.45, 2.75) is 32.9 Å². The molecule has 0 aliphatic heterocycles. The topological polar surface area (TPSA) is 85.9 Å². The molecule has 1 atom stereocenters. The number of nitrogens with zero attached hydrogens (tertiary/aromatic N) is 3. The van der Waals surface area contributed by atoms with Gasteiger partial charge in [-0.2, -0.15) is 4.98 Å². The van der Waals surface area contributed by atoms with Gasteiger partial charge in [0.25, 0.3) is 5.89 Å². The third-order valence-corrected chi connectivity index (χ3v) is 4.61. The standard InChI is InChI=1S/C20H19ClN4O3/c1-3-9-25-17-8-7-13(10-16(17)22-20(25)26)18-23-19(28-24-18)12(2)27-15-6-4-5-14(21)11-15/h4-8,10-12H,3,9H2,1-2H3,(H,22,26)/t12-/m0/s1. The summed E-state index contributed by atoms with van der Waals surface area (Å²) in [5, 5.41) is 4.64. The van der Waals surface area contributed by atoms with E-state index < -0.39 is 6.10 Å². The lowest BCUT2D eigenvalue weighted by molar-refractivity contribution is 0.176. The minimum absolute atomic E-state index is 0.119. The summed E-state index contributed by atoms with van der Waals surface area (Å²) in [6.45, 7) is 4.53. The van der Waals surface area contributed by atoms with Gasteiger partial charge in [0.2, 0.25) is 5.82 Å².